The lowest BCUT2D eigenvalue weighted by atomic mass is 9.91. The number of amides is 2. The lowest BCUT2D eigenvalue weighted by Gasteiger charge is -2.37. The summed E-state index contributed by atoms with van der Waals surface area (Å²) in [7, 11) is 0. The van der Waals surface area contributed by atoms with E-state index < -0.39 is 6.04 Å². The van der Waals surface area contributed by atoms with Gasteiger partial charge in [-0.05, 0) is 30.9 Å². The molecule has 3 rings (SSSR count). The number of furan rings is 1. The van der Waals surface area contributed by atoms with Gasteiger partial charge in [0.2, 0.25) is 5.91 Å². The van der Waals surface area contributed by atoms with Gasteiger partial charge >= 0.3 is 0 Å². The zero-order valence-electron chi connectivity index (χ0n) is 13.1. The van der Waals surface area contributed by atoms with Crippen molar-refractivity contribution in [3.8, 4) is 0 Å². The van der Waals surface area contributed by atoms with Crippen LogP contribution in [0.1, 0.15) is 23.4 Å². The molecule has 0 aromatic carbocycles. The van der Waals surface area contributed by atoms with Gasteiger partial charge in [0.1, 0.15) is 0 Å². The third-order valence-electron chi connectivity index (χ3n) is 4.67. The molecule has 2 aliphatic rings. The molecule has 1 unspecified atom stereocenters. The van der Waals surface area contributed by atoms with Crippen molar-refractivity contribution in [3.05, 3.63) is 24.2 Å². The molecule has 1 atom stereocenters. The number of nitrogens with two attached hydrogens (primary N) is 1. The lowest BCUT2D eigenvalue weighted by Crippen LogP contribution is -2.56. The van der Waals surface area contributed by atoms with Gasteiger partial charge in [-0.3, -0.25) is 9.59 Å². The van der Waals surface area contributed by atoms with Crippen LogP contribution in [0.3, 0.4) is 0 Å². The average molecular weight is 321 g/mol. The summed E-state index contributed by atoms with van der Waals surface area (Å²) < 4.78 is 10.5. The van der Waals surface area contributed by atoms with E-state index in [9.17, 15) is 9.59 Å². The van der Waals surface area contributed by atoms with E-state index in [4.69, 9.17) is 14.9 Å². The van der Waals surface area contributed by atoms with Crippen molar-refractivity contribution >= 4 is 11.8 Å². The van der Waals surface area contributed by atoms with Crippen molar-refractivity contribution in [1.29, 1.82) is 0 Å². The van der Waals surface area contributed by atoms with Crippen LogP contribution in [0, 0.1) is 5.92 Å². The van der Waals surface area contributed by atoms with E-state index in [1.807, 2.05) is 0 Å². The standard InChI is InChI=1S/C16H23N3O4/c17-14(12-3-10-22-11-4-12)16(21)19-7-5-18(6-8-19)15(20)13-2-1-9-23-13/h1-2,9,12,14H,3-8,10-11,17H2. The van der Waals surface area contributed by atoms with E-state index in [1.165, 1.54) is 6.26 Å². The molecule has 2 N–H and O–H groups in total. The number of carbonyl (C=O) groups is 2. The number of hydrogen-bond donors (Lipinski definition) is 1. The van der Waals surface area contributed by atoms with Crippen LogP contribution in [0.25, 0.3) is 0 Å². The number of piperazine rings is 1. The second-order valence-electron chi connectivity index (χ2n) is 6.07. The maximum atomic E-state index is 12.5. The Balaban J connectivity index is 1.52. The van der Waals surface area contributed by atoms with Gasteiger partial charge in [0, 0.05) is 39.4 Å². The zero-order chi connectivity index (χ0) is 16.2. The van der Waals surface area contributed by atoms with Gasteiger partial charge in [0.15, 0.2) is 5.76 Å². The van der Waals surface area contributed by atoms with Crippen LogP contribution < -0.4 is 5.73 Å². The first-order chi connectivity index (χ1) is 11.2. The van der Waals surface area contributed by atoms with E-state index in [2.05, 4.69) is 0 Å². The molecule has 0 saturated carbocycles. The molecule has 7 nitrogen and oxygen atoms in total. The van der Waals surface area contributed by atoms with Crippen molar-refractivity contribution < 1.29 is 18.7 Å². The maximum absolute atomic E-state index is 12.5. The van der Waals surface area contributed by atoms with E-state index in [1.54, 1.807) is 21.9 Å². The summed E-state index contributed by atoms with van der Waals surface area (Å²) >= 11 is 0. The largest absolute Gasteiger partial charge is 0.459 e. The highest BCUT2D eigenvalue weighted by Crippen LogP contribution is 2.19. The van der Waals surface area contributed by atoms with Gasteiger partial charge in [-0.15, -0.1) is 0 Å². The molecule has 1 aromatic rings. The van der Waals surface area contributed by atoms with Gasteiger partial charge in [0.25, 0.3) is 5.91 Å². The van der Waals surface area contributed by atoms with Crippen molar-refractivity contribution in [3.63, 3.8) is 0 Å². The summed E-state index contributed by atoms with van der Waals surface area (Å²) in [5.41, 5.74) is 6.15. The minimum Gasteiger partial charge on any atom is -0.459 e. The fraction of sp³-hybridized carbons (Fsp3) is 0.625. The lowest BCUT2D eigenvalue weighted by molar-refractivity contribution is -0.136. The summed E-state index contributed by atoms with van der Waals surface area (Å²) in [5.74, 6) is 0.389. The molecule has 2 saturated heterocycles. The van der Waals surface area contributed by atoms with Crippen LogP contribution in [0.5, 0.6) is 0 Å². The molecule has 126 valence electrons. The van der Waals surface area contributed by atoms with Gasteiger partial charge in [-0.2, -0.15) is 0 Å². The predicted molar refractivity (Wildman–Crippen MR) is 82.7 cm³/mol. The fourth-order valence-corrected chi connectivity index (χ4v) is 3.17. The van der Waals surface area contributed by atoms with E-state index in [0.29, 0.717) is 45.2 Å². The highest BCUT2D eigenvalue weighted by molar-refractivity contribution is 5.91. The summed E-state index contributed by atoms with van der Waals surface area (Å²) in [6, 6.07) is 2.88. The Morgan fingerprint density at radius 1 is 1.13 bits per heavy atom. The van der Waals surface area contributed by atoms with Crippen molar-refractivity contribution in [2.75, 3.05) is 39.4 Å². The second-order valence-corrected chi connectivity index (χ2v) is 6.07. The Kier molecular flexibility index (Phi) is 4.97. The van der Waals surface area contributed by atoms with Gasteiger partial charge < -0.3 is 24.7 Å². The van der Waals surface area contributed by atoms with Crippen LogP contribution in [-0.4, -0.2) is 67.0 Å². The Labute approximate surface area is 135 Å². The number of ether oxygens (including phenoxy) is 1. The molecule has 7 heteroatoms. The average Bonchev–Trinajstić information content (AvgIpc) is 3.15. The van der Waals surface area contributed by atoms with Crippen molar-refractivity contribution in [2.45, 2.75) is 18.9 Å². The third-order valence-corrected chi connectivity index (χ3v) is 4.67. The SMILES string of the molecule is NC(C(=O)N1CCN(C(=O)c2ccco2)CC1)C1CCOCC1. The topological polar surface area (TPSA) is 89.0 Å². The predicted octanol–water partition coefficient (Wildman–Crippen LogP) is 0.318. The van der Waals surface area contributed by atoms with Crippen molar-refractivity contribution in [2.24, 2.45) is 11.7 Å². The maximum Gasteiger partial charge on any atom is 0.289 e. The van der Waals surface area contributed by atoms with Gasteiger partial charge in [-0.1, -0.05) is 0 Å². The van der Waals surface area contributed by atoms with E-state index in [0.717, 1.165) is 12.8 Å². The highest BCUT2D eigenvalue weighted by Gasteiger charge is 2.32. The van der Waals surface area contributed by atoms with Crippen molar-refractivity contribution in [1.82, 2.24) is 9.80 Å². The molecule has 1 aromatic heterocycles. The first-order valence-electron chi connectivity index (χ1n) is 8.11. The summed E-state index contributed by atoms with van der Waals surface area (Å²) in [4.78, 5) is 28.2. The van der Waals surface area contributed by atoms with E-state index >= 15 is 0 Å². The molecule has 3 heterocycles. The first-order valence-corrected chi connectivity index (χ1v) is 8.11. The molecular formula is C16H23N3O4. The number of hydrogen-bond acceptors (Lipinski definition) is 5. The van der Waals surface area contributed by atoms with Gasteiger partial charge in [-0.25, -0.2) is 0 Å². The Bertz CT molecular complexity index is 532. The van der Waals surface area contributed by atoms with Gasteiger partial charge in [0.05, 0.1) is 12.3 Å². The number of carbonyl (C=O) groups excluding carboxylic acids is 2. The van der Waals surface area contributed by atoms with Crippen LogP contribution in [0.15, 0.2) is 22.8 Å². The summed E-state index contributed by atoms with van der Waals surface area (Å²) in [6.45, 7) is 3.40. The highest BCUT2D eigenvalue weighted by atomic mass is 16.5. The van der Waals surface area contributed by atoms with Crippen LogP contribution in [-0.2, 0) is 9.53 Å². The minimum absolute atomic E-state index is 0.0120. The van der Waals surface area contributed by atoms with Crippen LogP contribution in [0.2, 0.25) is 0 Å². The Hall–Kier alpha value is -1.86. The second kappa shape index (κ2) is 7.14. The minimum atomic E-state index is -0.466. The molecular weight excluding hydrogens is 298 g/mol. The van der Waals surface area contributed by atoms with Crippen LogP contribution in [0.4, 0.5) is 0 Å². The normalized spacial score (nSPS) is 21.3. The summed E-state index contributed by atoms with van der Waals surface area (Å²) in [6.07, 6.45) is 3.16. The fourth-order valence-electron chi connectivity index (χ4n) is 3.17. The first kappa shape index (κ1) is 16.0. The molecule has 2 amide bonds. The zero-order valence-corrected chi connectivity index (χ0v) is 13.1. The molecule has 2 fully saturated rings. The summed E-state index contributed by atoms with van der Waals surface area (Å²) in [5, 5.41) is 0. The molecule has 2 aliphatic heterocycles. The third kappa shape index (κ3) is 3.56. The quantitative estimate of drug-likeness (QED) is 0.866. The monoisotopic (exact) mass is 321 g/mol. The Morgan fingerprint density at radius 2 is 1.78 bits per heavy atom. The Morgan fingerprint density at radius 3 is 2.39 bits per heavy atom. The molecule has 0 aliphatic carbocycles. The molecule has 0 bridgehead atoms. The smallest absolute Gasteiger partial charge is 0.289 e. The number of nitrogens with zero attached hydrogens (tertiary/aromatic N) is 2. The molecule has 0 spiro atoms. The van der Waals surface area contributed by atoms with Crippen LogP contribution >= 0.6 is 0 Å². The molecule has 0 radical (unpaired) electrons. The van der Waals surface area contributed by atoms with E-state index in [-0.39, 0.29) is 17.7 Å². The molecule has 23 heavy (non-hydrogen) atoms. The number of rotatable bonds is 3.